The Bertz CT molecular complexity index is 1080. The van der Waals surface area contributed by atoms with Crippen LogP contribution in [0.2, 0.25) is 0 Å². The molecule has 0 atom stereocenters. The molecule has 1 N–H and O–H groups in total. The van der Waals surface area contributed by atoms with Gasteiger partial charge in [0.25, 0.3) is 5.56 Å². The van der Waals surface area contributed by atoms with Gasteiger partial charge >= 0.3 is 5.69 Å². The van der Waals surface area contributed by atoms with E-state index in [1.54, 1.807) is 0 Å². The van der Waals surface area contributed by atoms with Crippen LogP contribution < -0.4 is 16.0 Å². The van der Waals surface area contributed by atoms with Gasteiger partial charge in [-0.1, -0.05) is 31.2 Å². The highest BCUT2D eigenvalue weighted by molar-refractivity contribution is 7.89. The van der Waals surface area contributed by atoms with Crippen LogP contribution in [0.4, 0.5) is 0 Å². The molecule has 8 nitrogen and oxygen atoms in total. The van der Waals surface area contributed by atoms with Gasteiger partial charge in [-0.2, -0.15) is 0 Å². The number of nitrogens with zero attached hydrogens (tertiary/aromatic N) is 3. The van der Waals surface area contributed by atoms with Crippen molar-refractivity contribution in [2.24, 2.45) is 20.0 Å². The summed E-state index contributed by atoms with van der Waals surface area (Å²) in [4.78, 5) is 25.9. The van der Waals surface area contributed by atoms with Gasteiger partial charge in [-0.05, 0) is 43.0 Å². The van der Waals surface area contributed by atoms with Crippen molar-refractivity contribution in [3.63, 3.8) is 0 Å². The van der Waals surface area contributed by atoms with Gasteiger partial charge in [0.1, 0.15) is 0 Å². The van der Waals surface area contributed by atoms with Gasteiger partial charge < -0.3 is 4.57 Å². The predicted molar refractivity (Wildman–Crippen MR) is 111 cm³/mol. The van der Waals surface area contributed by atoms with Gasteiger partial charge in [-0.15, -0.1) is 0 Å². The highest BCUT2D eigenvalue weighted by atomic mass is 32.2. The van der Waals surface area contributed by atoms with Crippen LogP contribution in [-0.2, 0) is 37.2 Å². The molecular formula is C20H28N4O4S. The maximum atomic E-state index is 12.6. The summed E-state index contributed by atoms with van der Waals surface area (Å²) in [5.74, 6) is 0.797. The highest BCUT2D eigenvalue weighted by Crippen LogP contribution is 2.18. The average Bonchev–Trinajstić information content (AvgIpc) is 2.70. The zero-order valence-corrected chi connectivity index (χ0v) is 17.9. The van der Waals surface area contributed by atoms with Gasteiger partial charge in [-0.25, -0.2) is 17.9 Å². The fraction of sp³-hybridized carbons (Fsp3) is 0.500. The van der Waals surface area contributed by atoms with Crippen molar-refractivity contribution in [1.29, 1.82) is 0 Å². The number of hydrogen-bond donors (Lipinski definition) is 1. The lowest BCUT2D eigenvalue weighted by molar-refractivity contribution is 0.185. The second kappa shape index (κ2) is 8.64. The first kappa shape index (κ1) is 21.5. The van der Waals surface area contributed by atoms with Crippen molar-refractivity contribution in [3.8, 4) is 0 Å². The standard InChI is InChI=1S/C20H28N4O4S/c1-15-8-10-24(11-9-15)13-17-6-4-16(5-7-17)12-21-29(27,28)18-14-22(2)20(26)23(3)19(18)25/h4-7,14-15,21H,8-13H2,1-3H3. The third kappa shape index (κ3) is 5.04. The molecule has 0 radical (unpaired) electrons. The molecule has 1 aliphatic heterocycles. The lowest BCUT2D eigenvalue weighted by Crippen LogP contribution is -2.41. The molecule has 0 amide bonds. The van der Waals surface area contributed by atoms with Crippen molar-refractivity contribution >= 4 is 10.0 Å². The van der Waals surface area contributed by atoms with Crippen molar-refractivity contribution in [2.45, 2.75) is 37.8 Å². The number of nitrogens with one attached hydrogen (secondary N) is 1. The van der Waals surface area contributed by atoms with E-state index >= 15 is 0 Å². The van der Waals surface area contributed by atoms with Gasteiger partial charge in [0.05, 0.1) is 0 Å². The smallest absolute Gasteiger partial charge is 0.302 e. The Morgan fingerprint density at radius 2 is 1.62 bits per heavy atom. The van der Waals surface area contributed by atoms with E-state index in [0.29, 0.717) is 0 Å². The molecule has 1 fully saturated rings. The molecule has 3 rings (SSSR count). The summed E-state index contributed by atoms with van der Waals surface area (Å²) in [5, 5.41) is 0. The molecule has 1 aliphatic rings. The van der Waals surface area contributed by atoms with E-state index < -0.39 is 26.2 Å². The van der Waals surface area contributed by atoms with Crippen molar-refractivity contribution < 1.29 is 8.42 Å². The minimum absolute atomic E-state index is 0.0653. The number of sulfonamides is 1. The van der Waals surface area contributed by atoms with E-state index in [1.807, 2.05) is 24.3 Å². The second-order valence-electron chi connectivity index (χ2n) is 7.85. The van der Waals surface area contributed by atoms with Crippen molar-refractivity contribution in [2.75, 3.05) is 13.1 Å². The van der Waals surface area contributed by atoms with Crippen LogP contribution in [0.25, 0.3) is 0 Å². The quantitative estimate of drug-likeness (QED) is 0.746. The van der Waals surface area contributed by atoms with E-state index in [2.05, 4.69) is 16.5 Å². The Hall–Kier alpha value is -2.23. The molecule has 2 aromatic rings. The Morgan fingerprint density at radius 1 is 1.03 bits per heavy atom. The Balaban J connectivity index is 1.65. The summed E-state index contributed by atoms with van der Waals surface area (Å²) in [6.45, 7) is 5.47. The van der Waals surface area contributed by atoms with Gasteiger partial charge in [0.2, 0.25) is 10.0 Å². The number of benzene rings is 1. The third-order valence-corrected chi connectivity index (χ3v) is 6.86. The van der Waals surface area contributed by atoms with Crippen molar-refractivity contribution in [3.05, 3.63) is 62.4 Å². The van der Waals surface area contributed by atoms with Crippen LogP contribution in [0.3, 0.4) is 0 Å². The molecule has 2 heterocycles. The van der Waals surface area contributed by atoms with Crippen LogP contribution in [0.5, 0.6) is 0 Å². The van der Waals surface area contributed by atoms with Gasteiger partial charge in [0, 0.05) is 33.4 Å². The lowest BCUT2D eigenvalue weighted by Gasteiger charge is -2.30. The van der Waals surface area contributed by atoms with E-state index in [1.165, 1.54) is 32.5 Å². The monoisotopic (exact) mass is 420 g/mol. The number of aromatic nitrogens is 2. The van der Waals surface area contributed by atoms with Crippen LogP contribution in [0.1, 0.15) is 30.9 Å². The first-order valence-electron chi connectivity index (χ1n) is 9.74. The molecule has 0 unspecified atom stereocenters. The predicted octanol–water partition coefficient (Wildman–Crippen LogP) is 0.794. The molecule has 0 saturated carbocycles. The molecule has 29 heavy (non-hydrogen) atoms. The van der Waals surface area contributed by atoms with E-state index in [9.17, 15) is 18.0 Å². The molecule has 158 valence electrons. The molecule has 1 saturated heterocycles. The minimum atomic E-state index is -4.04. The molecule has 9 heteroatoms. The van der Waals surface area contributed by atoms with Crippen LogP contribution in [0, 0.1) is 5.92 Å². The Morgan fingerprint density at radius 3 is 2.24 bits per heavy atom. The van der Waals surface area contributed by atoms with Crippen LogP contribution in [-0.4, -0.2) is 35.5 Å². The summed E-state index contributed by atoms with van der Waals surface area (Å²) in [6, 6.07) is 7.80. The van der Waals surface area contributed by atoms with E-state index in [4.69, 9.17) is 0 Å². The zero-order valence-electron chi connectivity index (χ0n) is 17.1. The summed E-state index contributed by atoms with van der Waals surface area (Å²) < 4.78 is 29.4. The summed E-state index contributed by atoms with van der Waals surface area (Å²) in [5.41, 5.74) is 0.573. The highest BCUT2D eigenvalue weighted by Gasteiger charge is 2.21. The van der Waals surface area contributed by atoms with Gasteiger partial charge in [0.15, 0.2) is 4.90 Å². The number of aryl methyl sites for hydroxylation is 1. The lowest BCUT2D eigenvalue weighted by atomic mass is 9.99. The molecular weight excluding hydrogens is 392 g/mol. The number of hydrogen-bond acceptors (Lipinski definition) is 5. The SMILES string of the molecule is CC1CCN(Cc2ccc(CNS(=O)(=O)c3cn(C)c(=O)n(C)c3=O)cc2)CC1. The third-order valence-electron chi connectivity index (χ3n) is 5.48. The van der Waals surface area contributed by atoms with Gasteiger partial charge in [-0.3, -0.25) is 14.3 Å². The first-order chi connectivity index (χ1) is 13.7. The fourth-order valence-electron chi connectivity index (χ4n) is 3.46. The molecule has 1 aromatic carbocycles. The zero-order chi connectivity index (χ0) is 21.2. The molecule has 0 aliphatic carbocycles. The minimum Gasteiger partial charge on any atom is -0.302 e. The number of likely N-dealkylation sites (tertiary alicyclic amines) is 1. The molecule has 0 spiro atoms. The summed E-state index contributed by atoms with van der Waals surface area (Å²) in [7, 11) is -1.38. The fourth-order valence-corrected chi connectivity index (χ4v) is 4.63. The van der Waals surface area contributed by atoms with Crippen molar-refractivity contribution in [1.82, 2.24) is 18.8 Å². The normalized spacial score (nSPS) is 16.2. The van der Waals surface area contributed by atoms with E-state index in [0.717, 1.165) is 46.4 Å². The maximum absolute atomic E-state index is 12.6. The van der Waals surface area contributed by atoms with E-state index in [-0.39, 0.29) is 6.54 Å². The van der Waals surface area contributed by atoms with Crippen LogP contribution in [0.15, 0.2) is 44.9 Å². The average molecular weight is 421 g/mol. The molecule has 0 bridgehead atoms. The first-order valence-corrected chi connectivity index (χ1v) is 11.2. The van der Waals surface area contributed by atoms with Crippen LogP contribution >= 0.6 is 0 Å². The summed E-state index contributed by atoms with van der Waals surface area (Å²) >= 11 is 0. The maximum Gasteiger partial charge on any atom is 0.330 e. The largest absolute Gasteiger partial charge is 0.330 e. The number of rotatable bonds is 6. The Labute approximate surface area is 170 Å². The summed E-state index contributed by atoms with van der Waals surface area (Å²) in [6.07, 6.45) is 3.50. The Kier molecular flexibility index (Phi) is 6.40. The number of piperidine rings is 1. The second-order valence-corrected chi connectivity index (χ2v) is 9.59. The topological polar surface area (TPSA) is 93.4 Å². The molecule has 1 aromatic heterocycles.